The van der Waals surface area contributed by atoms with Crippen LogP contribution in [0.4, 0.5) is 10.5 Å². The number of piperidine rings is 1. The van der Waals surface area contributed by atoms with Gasteiger partial charge >= 0.3 is 6.09 Å². The minimum Gasteiger partial charge on any atom is -0.490 e. The van der Waals surface area contributed by atoms with Crippen molar-refractivity contribution >= 4 is 17.7 Å². The van der Waals surface area contributed by atoms with Gasteiger partial charge in [0.05, 0.1) is 6.61 Å². The monoisotopic (exact) mass is 421 g/mol. The molecule has 1 fully saturated rings. The lowest BCUT2D eigenvalue weighted by Crippen LogP contribution is -2.47. The number of aliphatic hydroxyl groups is 1. The highest BCUT2D eigenvalue weighted by molar-refractivity contribution is 5.94. The summed E-state index contributed by atoms with van der Waals surface area (Å²) in [7, 11) is 1.56. The Kier molecular flexibility index (Phi) is 8.30. The third kappa shape index (κ3) is 6.58. The van der Waals surface area contributed by atoms with E-state index in [1.54, 1.807) is 7.11 Å². The van der Waals surface area contributed by atoms with Gasteiger partial charge in [-0.05, 0) is 31.4 Å². The first kappa shape index (κ1) is 22.3. The first-order chi connectivity index (χ1) is 14.5. The van der Waals surface area contributed by atoms with Crippen molar-refractivity contribution < 1.29 is 28.9 Å². The molecule has 3 rings (SSSR count). The molecule has 0 saturated carbocycles. The number of alkyl carbamates (subject to hydrolysis) is 1. The molecular formula is C21H31N3O6. The summed E-state index contributed by atoms with van der Waals surface area (Å²) in [5.74, 6) is 0.724. The number of carbonyl (C=O) groups excluding carboxylic acids is 2. The number of hydrogen-bond donors (Lipinski definition) is 3. The van der Waals surface area contributed by atoms with E-state index in [0.717, 1.165) is 37.2 Å². The molecule has 2 amide bonds. The highest BCUT2D eigenvalue weighted by Gasteiger charge is 2.23. The summed E-state index contributed by atoms with van der Waals surface area (Å²) < 4.78 is 15.7. The number of hydrogen-bond acceptors (Lipinski definition) is 7. The van der Waals surface area contributed by atoms with Crippen molar-refractivity contribution in [2.75, 3.05) is 51.9 Å². The molecule has 1 unspecified atom stereocenters. The zero-order chi connectivity index (χ0) is 21.3. The lowest BCUT2D eigenvalue weighted by Gasteiger charge is -2.33. The molecule has 1 atom stereocenters. The minimum atomic E-state index is -0.623. The molecule has 9 nitrogen and oxygen atoms in total. The van der Waals surface area contributed by atoms with Gasteiger partial charge in [0, 0.05) is 50.5 Å². The molecular weight excluding hydrogens is 390 g/mol. The highest BCUT2D eigenvalue weighted by Crippen LogP contribution is 2.31. The zero-order valence-corrected chi connectivity index (χ0v) is 17.4. The number of fused-ring (bicyclic) bond motifs is 1. The summed E-state index contributed by atoms with van der Waals surface area (Å²) in [6.07, 6.45) is 1.65. The number of carbonyl (C=O) groups is 2. The van der Waals surface area contributed by atoms with Crippen LogP contribution in [-0.4, -0.2) is 80.7 Å². The Bertz CT molecular complexity index is 721. The maximum absolute atomic E-state index is 11.7. The van der Waals surface area contributed by atoms with Crippen LogP contribution in [-0.2, 0) is 20.7 Å². The fraction of sp³-hybridized carbons (Fsp3) is 0.619. The number of amides is 2. The van der Waals surface area contributed by atoms with Gasteiger partial charge in [-0.3, -0.25) is 4.79 Å². The molecule has 2 heterocycles. The third-order valence-corrected chi connectivity index (χ3v) is 5.34. The Morgan fingerprint density at radius 3 is 2.87 bits per heavy atom. The van der Waals surface area contributed by atoms with Gasteiger partial charge in [0.15, 0.2) is 0 Å². The zero-order valence-electron chi connectivity index (χ0n) is 17.4. The number of rotatable bonds is 9. The van der Waals surface area contributed by atoms with Gasteiger partial charge in [0.2, 0.25) is 5.91 Å². The maximum atomic E-state index is 11.7. The van der Waals surface area contributed by atoms with Crippen LogP contribution in [0.1, 0.15) is 24.8 Å². The van der Waals surface area contributed by atoms with Crippen LogP contribution in [0.3, 0.4) is 0 Å². The number of aliphatic hydroxyl groups excluding tert-OH is 1. The topological polar surface area (TPSA) is 109 Å². The van der Waals surface area contributed by atoms with Gasteiger partial charge in [-0.15, -0.1) is 0 Å². The van der Waals surface area contributed by atoms with Crippen molar-refractivity contribution in [1.82, 2.24) is 10.2 Å². The van der Waals surface area contributed by atoms with Crippen molar-refractivity contribution in [2.24, 2.45) is 0 Å². The summed E-state index contributed by atoms with van der Waals surface area (Å²) in [4.78, 5) is 25.4. The van der Waals surface area contributed by atoms with Crippen LogP contribution in [0, 0.1) is 0 Å². The second kappa shape index (κ2) is 11.1. The van der Waals surface area contributed by atoms with E-state index < -0.39 is 12.2 Å². The van der Waals surface area contributed by atoms with Crippen molar-refractivity contribution in [3.05, 3.63) is 23.8 Å². The molecule has 2 aliphatic heterocycles. The van der Waals surface area contributed by atoms with Gasteiger partial charge < -0.3 is 34.9 Å². The van der Waals surface area contributed by atoms with Gasteiger partial charge in [-0.25, -0.2) is 4.79 Å². The molecule has 30 heavy (non-hydrogen) atoms. The Balaban J connectivity index is 1.37. The number of anilines is 1. The van der Waals surface area contributed by atoms with E-state index in [4.69, 9.17) is 14.2 Å². The third-order valence-electron chi connectivity index (χ3n) is 5.34. The highest BCUT2D eigenvalue weighted by atomic mass is 16.6. The van der Waals surface area contributed by atoms with E-state index in [0.29, 0.717) is 31.7 Å². The summed E-state index contributed by atoms with van der Waals surface area (Å²) in [6.45, 7) is 2.89. The molecule has 1 aromatic rings. The van der Waals surface area contributed by atoms with Gasteiger partial charge in [-0.1, -0.05) is 6.07 Å². The van der Waals surface area contributed by atoms with E-state index in [1.807, 2.05) is 18.2 Å². The Hall–Kier alpha value is -2.36. The molecule has 0 aliphatic carbocycles. The predicted molar refractivity (Wildman–Crippen MR) is 111 cm³/mol. The van der Waals surface area contributed by atoms with Gasteiger partial charge in [0.25, 0.3) is 0 Å². The summed E-state index contributed by atoms with van der Waals surface area (Å²) in [6, 6.07) is 5.65. The molecule has 0 radical (unpaired) electrons. The molecule has 3 N–H and O–H groups in total. The van der Waals surface area contributed by atoms with Crippen LogP contribution in [0.25, 0.3) is 0 Å². The summed E-state index contributed by atoms with van der Waals surface area (Å²) in [5.41, 5.74) is 1.77. The fourth-order valence-electron chi connectivity index (χ4n) is 3.75. The van der Waals surface area contributed by atoms with Crippen molar-refractivity contribution in [1.29, 1.82) is 0 Å². The number of benzene rings is 1. The van der Waals surface area contributed by atoms with Crippen molar-refractivity contribution in [3.8, 4) is 5.75 Å². The van der Waals surface area contributed by atoms with E-state index in [9.17, 15) is 14.7 Å². The van der Waals surface area contributed by atoms with Crippen LogP contribution in [0.15, 0.2) is 18.2 Å². The van der Waals surface area contributed by atoms with Crippen molar-refractivity contribution in [3.63, 3.8) is 0 Å². The first-order valence-electron chi connectivity index (χ1n) is 10.4. The number of methoxy groups -OCH3 is 1. The lowest BCUT2D eigenvalue weighted by atomic mass is 10.0. The SMILES string of the molecule is COCCOC(=O)NC1CCN(CC(O)COc2cccc3c2CCC(=O)N3)CC1. The smallest absolute Gasteiger partial charge is 0.407 e. The molecule has 0 spiro atoms. The second-order valence-corrected chi connectivity index (χ2v) is 7.64. The largest absolute Gasteiger partial charge is 0.490 e. The molecule has 0 aromatic heterocycles. The van der Waals surface area contributed by atoms with E-state index >= 15 is 0 Å². The molecule has 1 saturated heterocycles. The number of ether oxygens (including phenoxy) is 3. The van der Waals surface area contributed by atoms with Gasteiger partial charge in [0.1, 0.15) is 25.1 Å². The molecule has 0 bridgehead atoms. The normalized spacial score (nSPS) is 18.3. The number of nitrogens with zero attached hydrogens (tertiary/aromatic N) is 1. The second-order valence-electron chi connectivity index (χ2n) is 7.64. The van der Waals surface area contributed by atoms with Crippen molar-refractivity contribution in [2.45, 2.75) is 37.8 Å². The fourth-order valence-corrected chi connectivity index (χ4v) is 3.75. The molecule has 1 aromatic carbocycles. The standard InChI is InChI=1S/C21H31N3O6/c1-28-11-12-29-21(27)22-15-7-9-24(10-8-15)13-16(25)14-30-19-4-2-3-18-17(19)5-6-20(26)23-18/h2-4,15-16,25H,5-14H2,1H3,(H,22,27)(H,23,26). The van der Waals surface area contributed by atoms with Crippen LogP contribution >= 0.6 is 0 Å². The lowest BCUT2D eigenvalue weighted by molar-refractivity contribution is -0.116. The van der Waals surface area contributed by atoms with E-state index in [-0.39, 0.29) is 25.2 Å². The summed E-state index contributed by atoms with van der Waals surface area (Å²) in [5, 5.41) is 16.1. The first-order valence-corrected chi connectivity index (χ1v) is 10.4. The van der Waals surface area contributed by atoms with Crippen LogP contribution in [0.5, 0.6) is 5.75 Å². The number of nitrogens with one attached hydrogen (secondary N) is 2. The predicted octanol–water partition coefficient (Wildman–Crippen LogP) is 1.15. The maximum Gasteiger partial charge on any atom is 0.407 e. The Morgan fingerprint density at radius 2 is 2.10 bits per heavy atom. The van der Waals surface area contributed by atoms with Gasteiger partial charge in [-0.2, -0.15) is 0 Å². The molecule has 9 heteroatoms. The Labute approximate surface area is 176 Å². The average Bonchev–Trinajstić information content (AvgIpc) is 2.73. The molecule has 166 valence electrons. The average molecular weight is 421 g/mol. The minimum absolute atomic E-state index is 0.0146. The summed E-state index contributed by atoms with van der Waals surface area (Å²) >= 11 is 0. The van der Waals surface area contributed by atoms with E-state index in [2.05, 4.69) is 15.5 Å². The van der Waals surface area contributed by atoms with E-state index in [1.165, 1.54) is 0 Å². The Morgan fingerprint density at radius 1 is 1.30 bits per heavy atom. The molecule has 2 aliphatic rings. The van der Waals surface area contributed by atoms with Crippen LogP contribution in [0.2, 0.25) is 0 Å². The number of likely N-dealkylation sites (tertiary alicyclic amines) is 1. The quantitative estimate of drug-likeness (QED) is 0.513. The number of β-amino-alcohol motifs (C(OH)–C–C–N with tert-alkyl or cyclic N) is 1. The van der Waals surface area contributed by atoms with Crippen LogP contribution < -0.4 is 15.4 Å².